The molecule has 0 aliphatic carbocycles. The fourth-order valence-corrected chi connectivity index (χ4v) is 2.21. The summed E-state index contributed by atoms with van der Waals surface area (Å²) in [6, 6.07) is 6.06. The Bertz CT molecular complexity index is 560. The largest absolute Gasteiger partial charge is 0.324 e. The molecule has 4 nitrogen and oxygen atoms in total. The van der Waals surface area contributed by atoms with Crippen LogP contribution in [0.4, 0.5) is 0 Å². The van der Waals surface area contributed by atoms with Crippen LogP contribution in [-0.2, 0) is 6.54 Å². The molecule has 0 bridgehead atoms. The lowest BCUT2D eigenvalue weighted by molar-refractivity contribution is 0.574. The van der Waals surface area contributed by atoms with Gasteiger partial charge in [-0.3, -0.25) is 0 Å². The molecule has 0 aliphatic rings. The zero-order valence-corrected chi connectivity index (χ0v) is 11.6. The van der Waals surface area contributed by atoms with E-state index in [2.05, 4.69) is 28.6 Å². The molecule has 5 heteroatoms. The summed E-state index contributed by atoms with van der Waals surface area (Å²) in [5, 5.41) is 9.14. The van der Waals surface area contributed by atoms with Crippen LogP contribution in [0, 0.1) is 6.92 Å². The second-order valence-electron chi connectivity index (χ2n) is 4.52. The Hall–Kier alpha value is -1.39. The molecule has 1 heterocycles. The van der Waals surface area contributed by atoms with Crippen LogP contribution in [0.15, 0.2) is 18.2 Å². The van der Waals surface area contributed by atoms with Crippen molar-refractivity contribution in [3.05, 3.63) is 34.6 Å². The standard InChI is InChI=1S/C13H17ClN4/c1-8(2)18-12(7-15)16-17-13(18)10-5-4-6-11(14)9(10)3/h4-6,8H,7,15H2,1-3H3. The van der Waals surface area contributed by atoms with Crippen molar-refractivity contribution < 1.29 is 0 Å². The van der Waals surface area contributed by atoms with Gasteiger partial charge in [0.2, 0.25) is 0 Å². The first-order valence-electron chi connectivity index (χ1n) is 5.95. The minimum Gasteiger partial charge on any atom is -0.324 e. The Morgan fingerprint density at radius 2 is 2.06 bits per heavy atom. The first kappa shape index (κ1) is 13.1. The summed E-state index contributed by atoms with van der Waals surface area (Å²) in [7, 11) is 0. The first-order valence-corrected chi connectivity index (χ1v) is 6.33. The number of hydrogen-bond donors (Lipinski definition) is 1. The van der Waals surface area contributed by atoms with E-state index < -0.39 is 0 Å². The molecule has 1 aromatic carbocycles. The van der Waals surface area contributed by atoms with Crippen LogP contribution in [0.3, 0.4) is 0 Å². The van der Waals surface area contributed by atoms with Gasteiger partial charge in [0.1, 0.15) is 5.82 Å². The van der Waals surface area contributed by atoms with Gasteiger partial charge in [0.25, 0.3) is 0 Å². The monoisotopic (exact) mass is 264 g/mol. The summed E-state index contributed by atoms with van der Waals surface area (Å²) in [4.78, 5) is 0. The van der Waals surface area contributed by atoms with Crippen molar-refractivity contribution in [3.8, 4) is 11.4 Å². The molecule has 0 fully saturated rings. The SMILES string of the molecule is Cc1c(Cl)cccc1-c1nnc(CN)n1C(C)C. The lowest BCUT2D eigenvalue weighted by atomic mass is 10.1. The van der Waals surface area contributed by atoms with Crippen molar-refractivity contribution in [1.29, 1.82) is 0 Å². The highest BCUT2D eigenvalue weighted by atomic mass is 35.5. The molecule has 0 spiro atoms. The first-order chi connectivity index (χ1) is 8.56. The highest BCUT2D eigenvalue weighted by molar-refractivity contribution is 6.31. The van der Waals surface area contributed by atoms with Gasteiger partial charge in [0.05, 0.1) is 6.54 Å². The quantitative estimate of drug-likeness (QED) is 0.927. The number of rotatable bonds is 3. The van der Waals surface area contributed by atoms with Crippen LogP contribution in [0.2, 0.25) is 5.02 Å². The maximum Gasteiger partial charge on any atom is 0.164 e. The van der Waals surface area contributed by atoms with Crippen LogP contribution in [0.1, 0.15) is 31.3 Å². The minimum atomic E-state index is 0.256. The van der Waals surface area contributed by atoms with Crippen LogP contribution in [0.25, 0.3) is 11.4 Å². The molecule has 0 unspecified atom stereocenters. The number of nitrogens with two attached hydrogens (primary N) is 1. The van der Waals surface area contributed by atoms with Gasteiger partial charge in [-0.1, -0.05) is 23.7 Å². The minimum absolute atomic E-state index is 0.256. The molecule has 0 amide bonds. The van der Waals surface area contributed by atoms with Crippen molar-refractivity contribution in [2.24, 2.45) is 5.73 Å². The zero-order chi connectivity index (χ0) is 13.3. The third-order valence-electron chi connectivity index (χ3n) is 2.97. The zero-order valence-electron chi connectivity index (χ0n) is 10.8. The Labute approximate surface area is 112 Å². The van der Waals surface area contributed by atoms with E-state index in [4.69, 9.17) is 17.3 Å². The van der Waals surface area contributed by atoms with E-state index >= 15 is 0 Å². The summed E-state index contributed by atoms with van der Waals surface area (Å²) >= 11 is 6.15. The molecule has 0 aliphatic heterocycles. The van der Waals surface area contributed by atoms with Gasteiger partial charge in [0, 0.05) is 16.6 Å². The highest BCUT2D eigenvalue weighted by Gasteiger charge is 2.17. The van der Waals surface area contributed by atoms with Crippen LogP contribution in [-0.4, -0.2) is 14.8 Å². The predicted octanol–water partition coefficient (Wildman–Crippen LogP) is 2.95. The predicted molar refractivity (Wildman–Crippen MR) is 73.5 cm³/mol. The van der Waals surface area contributed by atoms with Gasteiger partial charge in [0.15, 0.2) is 5.82 Å². The normalized spacial score (nSPS) is 11.2. The van der Waals surface area contributed by atoms with Crippen molar-refractivity contribution in [2.45, 2.75) is 33.4 Å². The number of nitrogens with zero attached hydrogens (tertiary/aromatic N) is 3. The van der Waals surface area contributed by atoms with Crippen LogP contribution in [0.5, 0.6) is 0 Å². The molecule has 0 saturated carbocycles. The molecule has 0 atom stereocenters. The molecule has 0 radical (unpaired) electrons. The number of hydrogen-bond acceptors (Lipinski definition) is 3. The molecule has 18 heavy (non-hydrogen) atoms. The number of halogens is 1. The van der Waals surface area contributed by atoms with E-state index in [0.717, 1.165) is 27.8 Å². The molecule has 0 saturated heterocycles. The Morgan fingerprint density at radius 3 is 2.67 bits per heavy atom. The van der Waals surface area contributed by atoms with Crippen molar-refractivity contribution in [3.63, 3.8) is 0 Å². The maximum atomic E-state index is 6.15. The molecule has 96 valence electrons. The Kier molecular flexibility index (Phi) is 3.68. The van der Waals surface area contributed by atoms with Gasteiger partial charge in [-0.15, -0.1) is 10.2 Å². The lowest BCUT2D eigenvalue weighted by Gasteiger charge is -2.14. The van der Waals surface area contributed by atoms with Crippen LogP contribution < -0.4 is 5.73 Å². The summed E-state index contributed by atoms with van der Waals surface area (Å²) in [5.41, 5.74) is 7.71. The van der Waals surface area contributed by atoms with Gasteiger partial charge >= 0.3 is 0 Å². The van der Waals surface area contributed by atoms with Crippen LogP contribution >= 0.6 is 11.6 Å². The Morgan fingerprint density at radius 1 is 1.33 bits per heavy atom. The topological polar surface area (TPSA) is 56.7 Å². The molecule has 2 N–H and O–H groups in total. The average molecular weight is 265 g/mol. The Balaban J connectivity index is 2.64. The van der Waals surface area contributed by atoms with Gasteiger partial charge in [-0.05, 0) is 32.4 Å². The summed E-state index contributed by atoms with van der Waals surface area (Å²) in [5.74, 6) is 1.62. The third-order valence-corrected chi connectivity index (χ3v) is 3.38. The molecular weight excluding hydrogens is 248 g/mol. The van der Waals surface area contributed by atoms with E-state index in [0.29, 0.717) is 6.54 Å². The molecular formula is C13H17ClN4. The number of benzene rings is 1. The van der Waals surface area contributed by atoms with Gasteiger partial charge in [-0.25, -0.2) is 0 Å². The van der Waals surface area contributed by atoms with E-state index in [1.807, 2.05) is 25.1 Å². The van der Waals surface area contributed by atoms with Crippen molar-refractivity contribution >= 4 is 11.6 Å². The van der Waals surface area contributed by atoms with E-state index in [1.165, 1.54) is 0 Å². The number of aromatic nitrogens is 3. The summed E-state index contributed by atoms with van der Waals surface area (Å²) in [6.07, 6.45) is 0. The maximum absolute atomic E-state index is 6.15. The summed E-state index contributed by atoms with van der Waals surface area (Å²) < 4.78 is 2.05. The molecule has 1 aromatic heterocycles. The highest BCUT2D eigenvalue weighted by Crippen LogP contribution is 2.29. The second kappa shape index (κ2) is 5.08. The van der Waals surface area contributed by atoms with E-state index in [1.54, 1.807) is 0 Å². The fourth-order valence-electron chi connectivity index (χ4n) is 2.04. The molecule has 2 rings (SSSR count). The van der Waals surface area contributed by atoms with Crippen molar-refractivity contribution in [1.82, 2.24) is 14.8 Å². The summed E-state index contributed by atoms with van der Waals surface area (Å²) in [6.45, 7) is 6.54. The van der Waals surface area contributed by atoms with Crippen molar-refractivity contribution in [2.75, 3.05) is 0 Å². The average Bonchev–Trinajstić information content (AvgIpc) is 2.76. The lowest BCUT2D eigenvalue weighted by Crippen LogP contribution is -2.11. The van der Waals surface area contributed by atoms with E-state index in [-0.39, 0.29) is 6.04 Å². The second-order valence-corrected chi connectivity index (χ2v) is 4.93. The molecule has 2 aromatic rings. The third kappa shape index (κ3) is 2.13. The van der Waals surface area contributed by atoms with E-state index in [9.17, 15) is 0 Å². The van der Waals surface area contributed by atoms with Gasteiger partial charge in [-0.2, -0.15) is 0 Å². The smallest absolute Gasteiger partial charge is 0.164 e. The van der Waals surface area contributed by atoms with Gasteiger partial charge < -0.3 is 10.3 Å². The fraction of sp³-hybridized carbons (Fsp3) is 0.385.